The Hall–Kier alpha value is -2.36. The Morgan fingerprint density at radius 2 is 1.90 bits per heavy atom. The lowest BCUT2D eigenvalue weighted by molar-refractivity contribution is 0.282. The van der Waals surface area contributed by atoms with Gasteiger partial charge in [0.2, 0.25) is 10.0 Å². The highest BCUT2D eigenvalue weighted by atomic mass is 32.2. The third kappa shape index (κ3) is 4.05. The Morgan fingerprint density at radius 1 is 1.14 bits per heavy atom. The predicted octanol–water partition coefficient (Wildman–Crippen LogP) is 1.99. The lowest BCUT2D eigenvalue weighted by Crippen LogP contribution is -2.15. The topological polar surface area (TPSA) is 90.2 Å². The highest BCUT2D eigenvalue weighted by Gasteiger charge is 2.14. The lowest BCUT2D eigenvalue weighted by atomic mass is 10.1. The molecule has 0 bridgehead atoms. The van der Waals surface area contributed by atoms with Gasteiger partial charge in [0.15, 0.2) is 0 Å². The van der Waals surface area contributed by atoms with Gasteiger partial charge in [0.1, 0.15) is 0 Å². The largest absolute Gasteiger partial charge is 0.392 e. The number of sulfonamides is 1. The maximum Gasteiger partial charge on any atom is 0.236 e. The van der Waals surface area contributed by atoms with Crippen LogP contribution >= 0.6 is 0 Å². The van der Waals surface area contributed by atoms with Gasteiger partial charge in [-0.15, -0.1) is 0 Å². The second kappa shape index (κ2) is 6.39. The van der Waals surface area contributed by atoms with Crippen molar-refractivity contribution in [1.82, 2.24) is 0 Å². The van der Waals surface area contributed by atoms with Crippen LogP contribution in [0.2, 0.25) is 0 Å². The van der Waals surface area contributed by atoms with E-state index in [0.717, 1.165) is 0 Å². The first kappa shape index (κ1) is 15.0. The van der Waals surface area contributed by atoms with Crippen molar-refractivity contribution in [3.63, 3.8) is 0 Å². The van der Waals surface area contributed by atoms with E-state index in [1.54, 1.807) is 48.5 Å². The van der Waals surface area contributed by atoms with E-state index in [2.05, 4.69) is 4.72 Å². The summed E-state index contributed by atoms with van der Waals surface area (Å²) in [5, 5.41) is 18.0. The van der Waals surface area contributed by atoms with Crippen LogP contribution in [0.15, 0.2) is 48.5 Å². The Balaban J connectivity index is 2.21. The Kier molecular flexibility index (Phi) is 4.58. The molecule has 0 unspecified atom stereocenters. The summed E-state index contributed by atoms with van der Waals surface area (Å²) in [6.45, 7) is -0.160. The number of anilines is 1. The van der Waals surface area contributed by atoms with E-state index in [1.165, 1.54) is 0 Å². The minimum Gasteiger partial charge on any atom is -0.392 e. The van der Waals surface area contributed by atoms with Gasteiger partial charge < -0.3 is 5.11 Å². The molecule has 108 valence electrons. The van der Waals surface area contributed by atoms with E-state index in [4.69, 9.17) is 10.4 Å². The van der Waals surface area contributed by atoms with E-state index in [-0.39, 0.29) is 12.4 Å². The molecule has 0 aromatic heterocycles. The zero-order chi connectivity index (χ0) is 15.3. The molecule has 2 aromatic carbocycles. The number of aliphatic hydroxyl groups is 1. The number of hydrogen-bond acceptors (Lipinski definition) is 4. The summed E-state index contributed by atoms with van der Waals surface area (Å²) < 4.78 is 26.8. The third-order valence-electron chi connectivity index (χ3n) is 2.87. The molecule has 0 aliphatic rings. The van der Waals surface area contributed by atoms with E-state index in [9.17, 15) is 8.42 Å². The molecule has 2 aromatic rings. The van der Waals surface area contributed by atoms with E-state index in [1.807, 2.05) is 6.07 Å². The lowest BCUT2D eigenvalue weighted by Gasteiger charge is -2.10. The van der Waals surface area contributed by atoms with Crippen molar-refractivity contribution in [1.29, 1.82) is 5.26 Å². The zero-order valence-corrected chi connectivity index (χ0v) is 12.0. The molecule has 0 saturated heterocycles. The second-order valence-electron chi connectivity index (χ2n) is 4.49. The van der Waals surface area contributed by atoms with Crippen LogP contribution in [0.3, 0.4) is 0 Å². The van der Waals surface area contributed by atoms with Crippen LogP contribution in [0.5, 0.6) is 0 Å². The molecule has 0 aliphatic heterocycles. The quantitative estimate of drug-likeness (QED) is 0.883. The molecule has 6 heteroatoms. The van der Waals surface area contributed by atoms with Gasteiger partial charge in [-0.3, -0.25) is 4.72 Å². The van der Waals surface area contributed by atoms with Gasteiger partial charge >= 0.3 is 0 Å². The van der Waals surface area contributed by atoms with Crippen LogP contribution in [0.1, 0.15) is 16.7 Å². The van der Waals surface area contributed by atoms with E-state index in [0.29, 0.717) is 22.4 Å². The number of benzene rings is 2. The Bertz CT molecular complexity index is 780. The molecule has 2 N–H and O–H groups in total. The first-order chi connectivity index (χ1) is 10.0. The molecule has 0 atom stereocenters. The number of nitrogens with one attached hydrogen (secondary N) is 1. The van der Waals surface area contributed by atoms with Crippen molar-refractivity contribution in [2.75, 3.05) is 4.72 Å². The fraction of sp³-hybridized carbons (Fsp3) is 0.133. The van der Waals surface area contributed by atoms with E-state index < -0.39 is 10.0 Å². The van der Waals surface area contributed by atoms with Gasteiger partial charge in [-0.05, 0) is 29.3 Å². The molecule has 0 amide bonds. The highest BCUT2D eigenvalue weighted by molar-refractivity contribution is 7.91. The van der Waals surface area contributed by atoms with Crippen molar-refractivity contribution in [2.45, 2.75) is 12.4 Å². The number of nitriles is 1. The standard InChI is InChI=1S/C15H14N2O3S/c16-9-13-5-1-2-6-14(13)11-21(19,20)17-15-7-3-4-12(8-15)10-18/h1-8,17-18H,10-11H2. The number of nitrogens with zero attached hydrogens (tertiary/aromatic N) is 1. The van der Waals surface area contributed by atoms with Gasteiger partial charge in [-0.1, -0.05) is 30.3 Å². The summed E-state index contributed by atoms with van der Waals surface area (Å²) in [5.74, 6) is -0.278. The molecule has 0 spiro atoms. The smallest absolute Gasteiger partial charge is 0.236 e. The van der Waals surface area contributed by atoms with Crippen LogP contribution in [0.4, 0.5) is 5.69 Å². The fourth-order valence-corrected chi connectivity index (χ4v) is 3.13. The van der Waals surface area contributed by atoms with Crippen molar-refractivity contribution >= 4 is 15.7 Å². The number of aliphatic hydroxyl groups excluding tert-OH is 1. The summed E-state index contributed by atoms with van der Waals surface area (Å²) in [6, 6.07) is 15.1. The molecule has 0 aliphatic carbocycles. The van der Waals surface area contributed by atoms with Gasteiger partial charge in [-0.25, -0.2) is 8.42 Å². The molecule has 5 nitrogen and oxygen atoms in total. The highest BCUT2D eigenvalue weighted by Crippen LogP contribution is 2.16. The average molecular weight is 302 g/mol. The van der Waals surface area contributed by atoms with Crippen molar-refractivity contribution in [3.05, 3.63) is 65.2 Å². The zero-order valence-electron chi connectivity index (χ0n) is 11.2. The normalized spacial score (nSPS) is 10.9. The number of rotatable bonds is 5. The van der Waals surface area contributed by atoms with E-state index >= 15 is 0 Å². The maximum atomic E-state index is 12.2. The van der Waals surface area contributed by atoms with Gasteiger partial charge in [0, 0.05) is 5.69 Å². The van der Waals surface area contributed by atoms with Gasteiger partial charge in [0.05, 0.1) is 24.0 Å². The summed E-state index contributed by atoms with van der Waals surface area (Å²) >= 11 is 0. The summed E-state index contributed by atoms with van der Waals surface area (Å²) in [5.41, 5.74) is 1.79. The fourth-order valence-electron chi connectivity index (χ4n) is 1.91. The minimum atomic E-state index is -3.63. The van der Waals surface area contributed by atoms with Gasteiger partial charge in [-0.2, -0.15) is 5.26 Å². The van der Waals surface area contributed by atoms with Crippen LogP contribution < -0.4 is 4.72 Å². The maximum absolute atomic E-state index is 12.2. The predicted molar refractivity (Wildman–Crippen MR) is 79.8 cm³/mol. The molecule has 0 radical (unpaired) electrons. The van der Waals surface area contributed by atoms with Crippen LogP contribution in [-0.2, 0) is 22.4 Å². The molecule has 0 saturated carbocycles. The van der Waals surface area contributed by atoms with Gasteiger partial charge in [0.25, 0.3) is 0 Å². The third-order valence-corrected chi connectivity index (χ3v) is 4.10. The summed E-state index contributed by atoms with van der Waals surface area (Å²) in [4.78, 5) is 0. The minimum absolute atomic E-state index is 0.160. The molecular weight excluding hydrogens is 288 g/mol. The molecule has 21 heavy (non-hydrogen) atoms. The van der Waals surface area contributed by atoms with Crippen molar-refractivity contribution in [3.8, 4) is 6.07 Å². The average Bonchev–Trinajstić information content (AvgIpc) is 2.47. The Morgan fingerprint density at radius 3 is 2.62 bits per heavy atom. The summed E-state index contributed by atoms with van der Waals surface area (Å²) in [7, 11) is -3.63. The van der Waals surface area contributed by atoms with Crippen LogP contribution in [0, 0.1) is 11.3 Å². The Labute approximate surface area is 123 Å². The molecule has 2 rings (SSSR count). The molecular formula is C15H14N2O3S. The molecule has 0 fully saturated rings. The van der Waals surface area contributed by atoms with Crippen molar-refractivity contribution in [2.24, 2.45) is 0 Å². The second-order valence-corrected chi connectivity index (χ2v) is 6.21. The first-order valence-corrected chi connectivity index (χ1v) is 7.87. The SMILES string of the molecule is N#Cc1ccccc1CS(=O)(=O)Nc1cccc(CO)c1. The monoisotopic (exact) mass is 302 g/mol. The summed E-state index contributed by atoms with van der Waals surface area (Å²) in [6.07, 6.45) is 0. The van der Waals surface area contributed by atoms with Crippen LogP contribution in [0.25, 0.3) is 0 Å². The molecule has 0 heterocycles. The van der Waals surface area contributed by atoms with Crippen molar-refractivity contribution < 1.29 is 13.5 Å². The van der Waals surface area contributed by atoms with Crippen LogP contribution in [-0.4, -0.2) is 13.5 Å². The number of hydrogen-bond donors (Lipinski definition) is 2. The first-order valence-electron chi connectivity index (χ1n) is 6.22.